The number of carbonyl (C=O) groups is 1. The van der Waals surface area contributed by atoms with Crippen LogP contribution in [-0.4, -0.2) is 197 Å². The highest BCUT2D eigenvalue weighted by Gasteiger charge is 2.55. The van der Waals surface area contributed by atoms with Gasteiger partial charge in [-0.1, -0.05) is 12.2 Å². The van der Waals surface area contributed by atoms with Gasteiger partial charge in [0, 0.05) is 38.8 Å². The summed E-state index contributed by atoms with van der Waals surface area (Å²) < 4.78 is 35.8. The number of aliphatic hydroxyl groups excluding tert-OH is 6. The van der Waals surface area contributed by atoms with Gasteiger partial charge in [-0.05, 0) is 6.42 Å². The minimum absolute atomic E-state index is 0.0144. The summed E-state index contributed by atoms with van der Waals surface area (Å²) in [6.07, 6.45) is -13.4. The van der Waals surface area contributed by atoms with Crippen LogP contribution in [0.4, 0.5) is 0 Å². The molecule has 0 spiro atoms. The molecule has 1 aliphatic carbocycles. The molecule has 0 unspecified atom stereocenters. The minimum Gasteiger partial charge on any atom is -0.395 e. The maximum atomic E-state index is 12.9. The van der Waals surface area contributed by atoms with Crippen LogP contribution in [0.25, 0.3) is 0 Å². The summed E-state index contributed by atoms with van der Waals surface area (Å²) >= 11 is 0. The van der Waals surface area contributed by atoms with Gasteiger partial charge >= 0.3 is 0 Å². The van der Waals surface area contributed by atoms with Crippen molar-refractivity contribution in [3.05, 3.63) is 12.2 Å². The zero-order valence-corrected chi connectivity index (χ0v) is 27.4. The Balaban J connectivity index is 1.34. The van der Waals surface area contributed by atoms with Crippen LogP contribution in [0.1, 0.15) is 6.42 Å². The fraction of sp³-hybridized carbons (Fsp3) is 0.897. The Bertz CT molecular complexity index is 1140. The quantitative estimate of drug-likeness (QED) is 0.0584. The van der Waals surface area contributed by atoms with E-state index >= 15 is 0 Å². The number of hydrogen-bond acceptors (Lipinski definition) is 20. The zero-order chi connectivity index (χ0) is 36.3. The molecule has 17 atom stereocenters. The van der Waals surface area contributed by atoms with Gasteiger partial charge in [-0.3, -0.25) is 4.79 Å². The molecule has 4 heterocycles. The second-order valence-corrected chi connectivity index (χ2v) is 13.4. The monoisotopic (exact) mass is 723 g/mol. The highest BCUT2D eigenvalue weighted by Crippen LogP contribution is 2.34. The van der Waals surface area contributed by atoms with E-state index in [0.717, 1.165) is 0 Å². The average Bonchev–Trinajstić information content (AvgIpc) is 3.38. The number of rotatable bonds is 14. The SMILES string of the molecule is NC[C@@H]1O[C@H](O[C@H]2[C@@H](O)[C@H](O[C@@H]3[C@@H](O)[C@H](NC(=O)C4(O)CNC4)C[C@H](N)[C@H]3O[C@H]3O[C@H](CNCCO)C=C[C@H]3N)O[C@@H]2CO)[C@H](N)[C@@H](O)[C@@H]1O. The molecule has 1 saturated carbocycles. The number of ether oxygens (including phenoxy) is 6. The molecule has 1 amide bonds. The summed E-state index contributed by atoms with van der Waals surface area (Å²) in [6, 6.07) is -4.00. The topological polar surface area (TPSA) is 354 Å². The van der Waals surface area contributed by atoms with Crippen LogP contribution < -0.4 is 38.9 Å². The number of β-amino-alcohol motifs (C(OH)–C–C–N with tert-alkyl or cyclic N) is 1. The van der Waals surface area contributed by atoms with E-state index in [0.29, 0.717) is 13.1 Å². The van der Waals surface area contributed by atoms with Gasteiger partial charge in [-0.25, -0.2) is 0 Å². The molecule has 5 rings (SSSR count). The molecule has 4 aliphatic heterocycles. The third-order valence-electron chi connectivity index (χ3n) is 9.73. The molecule has 5 aliphatic rings. The van der Waals surface area contributed by atoms with E-state index in [9.17, 15) is 35.4 Å². The second-order valence-electron chi connectivity index (χ2n) is 13.4. The lowest BCUT2D eigenvalue weighted by molar-refractivity contribution is -0.284. The minimum atomic E-state index is -1.68. The van der Waals surface area contributed by atoms with Crippen LogP contribution in [0.5, 0.6) is 0 Å². The maximum Gasteiger partial charge on any atom is 0.254 e. The molecule has 0 radical (unpaired) electrons. The lowest BCUT2D eigenvalue weighted by Crippen LogP contribution is -2.71. The van der Waals surface area contributed by atoms with E-state index in [-0.39, 0.29) is 32.7 Å². The van der Waals surface area contributed by atoms with E-state index in [1.807, 2.05) is 0 Å². The largest absolute Gasteiger partial charge is 0.395 e. The summed E-state index contributed by atoms with van der Waals surface area (Å²) in [5.41, 5.74) is 22.9. The molecule has 288 valence electrons. The number of aliphatic hydroxyl groups is 7. The van der Waals surface area contributed by atoms with Crippen molar-refractivity contribution < 1.29 is 69.0 Å². The van der Waals surface area contributed by atoms with E-state index in [1.165, 1.54) is 0 Å². The summed E-state index contributed by atoms with van der Waals surface area (Å²) in [5, 5.41) is 81.9. The van der Waals surface area contributed by atoms with Crippen molar-refractivity contribution in [3.63, 3.8) is 0 Å². The molecule has 50 heavy (non-hydrogen) atoms. The van der Waals surface area contributed by atoms with Crippen molar-refractivity contribution >= 4 is 5.91 Å². The van der Waals surface area contributed by atoms with Crippen molar-refractivity contribution in [1.82, 2.24) is 16.0 Å². The first kappa shape index (κ1) is 39.7. The number of nitrogens with one attached hydrogen (secondary N) is 3. The first-order valence-corrected chi connectivity index (χ1v) is 16.8. The van der Waals surface area contributed by atoms with Crippen LogP contribution in [0.3, 0.4) is 0 Å². The normalized spacial score (nSPS) is 46.0. The van der Waals surface area contributed by atoms with Crippen LogP contribution >= 0.6 is 0 Å². The lowest BCUT2D eigenvalue weighted by atomic mass is 9.83. The van der Waals surface area contributed by atoms with Crippen molar-refractivity contribution in [2.45, 2.75) is 116 Å². The van der Waals surface area contributed by atoms with Gasteiger partial charge in [-0.15, -0.1) is 0 Å². The fourth-order valence-corrected chi connectivity index (χ4v) is 6.62. The Morgan fingerprint density at radius 1 is 0.860 bits per heavy atom. The molecule has 4 fully saturated rings. The summed E-state index contributed by atoms with van der Waals surface area (Å²) in [5.74, 6) is -0.732. The number of hydrogen-bond donors (Lipinski definition) is 14. The van der Waals surface area contributed by atoms with Crippen LogP contribution in [-0.2, 0) is 33.2 Å². The van der Waals surface area contributed by atoms with Gasteiger partial charge in [-0.2, -0.15) is 0 Å². The highest BCUT2D eigenvalue weighted by molar-refractivity contribution is 5.87. The molecular formula is C29H53N7O14. The molecule has 18 N–H and O–H groups in total. The number of nitrogens with two attached hydrogens (primary N) is 4. The van der Waals surface area contributed by atoms with Gasteiger partial charge in [0.05, 0.1) is 37.4 Å². The Labute approximate surface area is 288 Å². The van der Waals surface area contributed by atoms with Crippen LogP contribution in [0.2, 0.25) is 0 Å². The molecule has 3 saturated heterocycles. The average molecular weight is 724 g/mol. The second kappa shape index (κ2) is 17.1. The lowest BCUT2D eigenvalue weighted by Gasteiger charge is -2.47. The van der Waals surface area contributed by atoms with E-state index < -0.39 is 122 Å². The Hall–Kier alpha value is -1.55. The number of amides is 1. The molecule has 21 nitrogen and oxygen atoms in total. The summed E-state index contributed by atoms with van der Waals surface area (Å²) in [6.45, 7) is -0.237. The summed E-state index contributed by atoms with van der Waals surface area (Å²) in [7, 11) is 0. The highest BCUT2D eigenvalue weighted by atomic mass is 16.8. The predicted molar refractivity (Wildman–Crippen MR) is 168 cm³/mol. The third kappa shape index (κ3) is 8.47. The maximum absolute atomic E-state index is 12.9. The van der Waals surface area contributed by atoms with Gasteiger partial charge in [0.1, 0.15) is 54.9 Å². The van der Waals surface area contributed by atoms with Crippen molar-refractivity contribution in [2.75, 3.05) is 45.9 Å². The smallest absolute Gasteiger partial charge is 0.254 e. The Kier molecular flexibility index (Phi) is 13.5. The van der Waals surface area contributed by atoms with Crippen LogP contribution in [0, 0.1) is 0 Å². The summed E-state index contributed by atoms with van der Waals surface area (Å²) in [4.78, 5) is 12.9. The first-order valence-electron chi connectivity index (χ1n) is 16.8. The molecule has 0 bridgehead atoms. The molecule has 0 aromatic rings. The fourth-order valence-electron chi connectivity index (χ4n) is 6.62. The van der Waals surface area contributed by atoms with Gasteiger partial charge in [0.15, 0.2) is 24.5 Å². The molecule has 0 aromatic heterocycles. The van der Waals surface area contributed by atoms with Crippen molar-refractivity contribution in [1.29, 1.82) is 0 Å². The zero-order valence-electron chi connectivity index (χ0n) is 27.4. The van der Waals surface area contributed by atoms with Gasteiger partial charge in [0.2, 0.25) is 0 Å². The standard InChI is InChI=1S/C29H53N7O14/c30-6-15-19(40)20(41)17(33)26(46-15)49-23-16(8-38)47-27(21(23)42)50-24-18(39)14(36-28(43)29(44)9-35-10-29)5-13(32)22(24)48-25-12(31)2-1-11(45-25)7-34-3-4-37/h1-2,11-27,34-35,37-42,44H,3-10,30-33H2,(H,36,43)/t11-,12+,13-,14+,15-,16+,17+,18-,19+,20+,21+,22+,23+,24+,25+,26+,27-/m0/s1. The van der Waals surface area contributed by atoms with Crippen molar-refractivity contribution in [2.24, 2.45) is 22.9 Å². The van der Waals surface area contributed by atoms with E-state index in [4.69, 9.17) is 56.5 Å². The van der Waals surface area contributed by atoms with E-state index in [2.05, 4.69) is 16.0 Å². The van der Waals surface area contributed by atoms with Crippen LogP contribution in [0.15, 0.2) is 12.2 Å². The van der Waals surface area contributed by atoms with Gasteiger partial charge in [0.25, 0.3) is 5.91 Å². The first-order chi connectivity index (χ1) is 23.8. The third-order valence-corrected chi connectivity index (χ3v) is 9.73. The Morgan fingerprint density at radius 3 is 2.18 bits per heavy atom. The van der Waals surface area contributed by atoms with E-state index in [1.54, 1.807) is 12.2 Å². The Morgan fingerprint density at radius 2 is 1.54 bits per heavy atom. The van der Waals surface area contributed by atoms with Crippen molar-refractivity contribution in [3.8, 4) is 0 Å². The number of carbonyl (C=O) groups excluding carboxylic acids is 1. The molecule has 0 aromatic carbocycles. The molecular weight excluding hydrogens is 670 g/mol. The predicted octanol–water partition coefficient (Wildman–Crippen LogP) is -8.95. The molecule has 21 heteroatoms. The van der Waals surface area contributed by atoms with Gasteiger partial charge < -0.3 is 103 Å².